The molecule has 6 nitrogen and oxygen atoms in total. The minimum absolute atomic E-state index is 0.0898. The highest BCUT2D eigenvalue weighted by molar-refractivity contribution is 6.32. The number of carbonyl (C=O) groups excluding carboxylic acids is 2. The molecule has 1 saturated heterocycles. The van der Waals surface area contributed by atoms with Gasteiger partial charge in [0.15, 0.2) is 0 Å². The minimum Gasteiger partial charge on any atom is -0.495 e. The van der Waals surface area contributed by atoms with Gasteiger partial charge in [-0.1, -0.05) is 11.6 Å². The van der Waals surface area contributed by atoms with Crippen LogP contribution in [0.3, 0.4) is 0 Å². The fourth-order valence-corrected chi connectivity index (χ4v) is 3.28. The van der Waals surface area contributed by atoms with Crippen LogP contribution in [0, 0.1) is 12.8 Å². The number of aryl methyl sites for hydroxylation is 1. The van der Waals surface area contributed by atoms with Gasteiger partial charge in [-0.3, -0.25) is 9.59 Å². The number of carbonyl (C=O) groups is 2. The fraction of sp³-hybridized carbons (Fsp3) is 0.368. The standard InChI is InChI=1S/C19H21ClN2O4/c1-12-3-5-15(26-12)7-8-21-19(24)13-9-18(23)22(11-13)14-4-6-17(25-2)16(20)10-14/h3-6,10,13H,7-9,11H2,1-2H3,(H,21,24). The van der Waals surface area contributed by atoms with Crippen LogP contribution in [0.5, 0.6) is 5.75 Å². The van der Waals surface area contributed by atoms with Crippen LogP contribution >= 0.6 is 11.6 Å². The quantitative estimate of drug-likeness (QED) is 0.841. The van der Waals surface area contributed by atoms with E-state index in [0.717, 1.165) is 11.5 Å². The van der Waals surface area contributed by atoms with E-state index in [4.69, 9.17) is 20.8 Å². The zero-order chi connectivity index (χ0) is 18.7. The summed E-state index contributed by atoms with van der Waals surface area (Å²) in [6, 6.07) is 8.95. The molecule has 26 heavy (non-hydrogen) atoms. The Morgan fingerprint density at radius 3 is 2.85 bits per heavy atom. The van der Waals surface area contributed by atoms with E-state index in [0.29, 0.717) is 36.0 Å². The van der Waals surface area contributed by atoms with Crippen LogP contribution in [0.25, 0.3) is 0 Å². The highest BCUT2D eigenvalue weighted by Crippen LogP contribution is 2.32. The predicted molar refractivity (Wildman–Crippen MR) is 98.6 cm³/mol. The molecule has 1 N–H and O–H groups in total. The van der Waals surface area contributed by atoms with Crippen LogP contribution < -0.4 is 15.0 Å². The second-order valence-corrected chi connectivity index (χ2v) is 6.68. The van der Waals surface area contributed by atoms with Gasteiger partial charge in [-0.25, -0.2) is 0 Å². The molecule has 1 aliphatic rings. The third kappa shape index (κ3) is 4.02. The molecule has 1 fully saturated rings. The zero-order valence-corrected chi connectivity index (χ0v) is 15.5. The molecule has 7 heteroatoms. The molecule has 2 heterocycles. The summed E-state index contributed by atoms with van der Waals surface area (Å²) in [4.78, 5) is 26.3. The number of hydrogen-bond donors (Lipinski definition) is 1. The van der Waals surface area contributed by atoms with Gasteiger partial charge < -0.3 is 19.4 Å². The molecule has 0 spiro atoms. The van der Waals surface area contributed by atoms with Crippen molar-refractivity contribution in [2.75, 3.05) is 25.1 Å². The molecule has 0 bridgehead atoms. The maximum atomic E-state index is 12.4. The average molecular weight is 377 g/mol. The van der Waals surface area contributed by atoms with Crippen molar-refractivity contribution in [3.8, 4) is 5.75 Å². The number of methoxy groups -OCH3 is 1. The first-order chi connectivity index (χ1) is 12.5. The number of ether oxygens (including phenoxy) is 1. The van der Waals surface area contributed by atoms with Crippen LogP contribution in [0.2, 0.25) is 5.02 Å². The van der Waals surface area contributed by atoms with E-state index < -0.39 is 0 Å². The monoisotopic (exact) mass is 376 g/mol. The van der Waals surface area contributed by atoms with Crippen molar-refractivity contribution in [3.05, 3.63) is 46.9 Å². The van der Waals surface area contributed by atoms with Crippen LogP contribution in [-0.4, -0.2) is 32.0 Å². The number of anilines is 1. The Bertz CT molecular complexity index is 818. The van der Waals surface area contributed by atoms with E-state index in [1.165, 1.54) is 7.11 Å². The number of benzene rings is 1. The Kier molecular flexibility index (Phi) is 5.52. The molecular formula is C19H21ClN2O4. The van der Waals surface area contributed by atoms with Crippen molar-refractivity contribution in [1.29, 1.82) is 0 Å². The van der Waals surface area contributed by atoms with Gasteiger partial charge >= 0.3 is 0 Å². The van der Waals surface area contributed by atoms with E-state index in [1.807, 2.05) is 19.1 Å². The van der Waals surface area contributed by atoms with E-state index in [-0.39, 0.29) is 24.2 Å². The number of rotatable bonds is 6. The smallest absolute Gasteiger partial charge is 0.227 e. The van der Waals surface area contributed by atoms with Crippen LogP contribution in [0.1, 0.15) is 17.9 Å². The molecular weight excluding hydrogens is 356 g/mol. The molecule has 3 rings (SSSR count). The highest BCUT2D eigenvalue weighted by Gasteiger charge is 2.35. The molecule has 2 aromatic rings. The van der Waals surface area contributed by atoms with E-state index in [1.54, 1.807) is 23.1 Å². The second kappa shape index (κ2) is 7.83. The van der Waals surface area contributed by atoms with Crippen molar-refractivity contribution in [1.82, 2.24) is 5.32 Å². The molecule has 2 amide bonds. The molecule has 1 aliphatic heterocycles. The molecule has 1 aromatic heterocycles. The lowest BCUT2D eigenvalue weighted by molar-refractivity contribution is -0.126. The number of amides is 2. The van der Waals surface area contributed by atoms with Gasteiger partial charge in [-0.15, -0.1) is 0 Å². The topological polar surface area (TPSA) is 71.8 Å². The van der Waals surface area contributed by atoms with E-state index in [9.17, 15) is 9.59 Å². The molecule has 0 saturated carbocycles. The van der Waals surface area contributed by atoms with Crippen molar-refractivity contribution in [3.63, 3.8) is 0 Å². The Labute approximate surface area is 157 Å². The second-order valence-electron chi connectivity index (χ2n) is 6.28. The lowest BCUT2D eigenvalue weighted by atomic mass is 10.1. The van der Waals surface area contributed by atoms with Crippen molar-refractivity contribution < 1.29 is 18.7 Å². The Morgan fingerprint density at radius 2 is 2.19 bits per heavy atom. The number of furan rings is 1. The first-order valence-corrected chi connectivity index (χ1v) is 8.82. The maximum absolute atomic E-state index is 12.4. The van der Waals surface area contributed by atoms with Crippen molar-refractivity contribution in [2.24, 2.45) is 5.92 Å². The summed E-state index contributed by atoms with van der Waals surface area (Å²) in [5, 5.41) is 3.31. The summed E-state index contributed by atoms with van der Waals surface area (Å²) in [5.41, 5.74) is 0.669. The number of nitrogens with one attached hydrogen (secondary N) is 1. The van der Waals surface area contributed by atoms with Crippen LogP contribution in [-0.2, 0) is 16.0 Å². The summed E-state index contributed by atoms with van der Waals surface area (Å²) < 4.78 is 10.6. The normalized spacial score (nSPS) is 16.8. The summed E-state index contributed by atoms with van der Waals surface area (Å²) in [7, 11) is 1.53. The summed E-state index contributed by atoms with van der Waals surface area (Å²) in [6.45, 7) is 2.70. The highest BCUT2D eigenvalue weighted by atomic mass is 35.5. The number of halogens is 1. The maximum Gasteiger partial charge on any atom is 0.227 e. The predicted octanol–water partition coefficient (Wildman–Crippen LogP) is 2.96. The summed E-state index contributed by atoms with van der Waals surface area (Å²) >= 11 is 6.13. The molecule has 1 atom stereocenters. The molecule has 0 radical (unpaired) electrons. The molecule has 1 unspecified atom stereocenters. The average Bonchev–Trinajstić information content (AvgIpc) is 3.20. The fourth-order valence-electron chi connectivity index (χ4n) is 3.03. The van der Waals surface area contributed by atoms with Gasteiger partial charge in [0, 0.05) is 31.6 Å². The lowest BCUT2D eigenvalue weighted by Gasteiger charge is -2.17. The third-order valence-corrected chi connectivity index (χ3v) is 4.70. The Balaban J connectivity index is 1.56. The van der Waals surface area contributed by atoms with Gasteiger partial charge in [0.1, 0.15) is 17.3 Å². The molecule has 138 valence electrons. The number of hydrogen-bond acceptors (Lipinski definition) is 4. The molecule has 1 aromatic carbocycles. The summed E-state index contributed by atoms with van der Waals surface area (Å²) in [5.74, 6) is 1.64. The Morgan fingerprint density at radius 1 is 1.38 bits per heavy atom. The largest absolute Gasteiger partial charge is 0.495 e. The summed E-state index contributed by atoms with van der Waals surface area (Å²) in [6.07, 6.45) is 0.813. The van der Waals surface area contributed by atoms with Gasteiger partial charge in [-0.05, 0) is 37.3 Å². The first-order valence-electron chi connectivity index (χ1n) is 8.45. The first kappa shape index (κ1) is 18.3. The van der Waals surface area contributed by atoms with Crippen molar-refractivity contribution >= 4 is 29.1 Å². The lowest BCUT2D eigenvalue weighted by Crippen LogP contribution is -2.34. The van der Waals surface area contributed by atoms with E-state index >= 15 is 0 Å². The van der Waals surface area contributed by atoms with Gasteiger partial charge in [0.05, 0.1) is 18.1 Å². The number of nitrogens with zero attached hydrogens (tertiary/aromatic N) is 1. The van der Waals surface area contributed by atoms with Gasteiger partial charge in [-0.2, -0.15) is 0 Å². The third-order valence-electron chi connectivity index (χ3n) is 4.41. The zero-order valence-electron chi connectivity index (χ0n) is 14.8. The molecule has 0 aliphatic carbocycles. The van der Waals surface area contributed by atoms with Gasteiger partial charge in [0.2, 0.25) is 11.8 Å². The van der Waals surface area contributed by atoms with Crippen LogP contribution in [0.4, 0.5) is 5.69 Å². The Hall–Kier alpha value is -2.47. The van der Waals surface area contributed by atoms with Gasteiger partial charge in [0.25, 0.3) is 0 Å². The SMILES string of the molecule is COc1ccc(N2CC(C(=O)NCCc3ccc(C)o3)CC2=O)cc1Cl. The van der Waals surface area contributed by atoms with Crippen molar-refractivity contribution in [2.45, 2.75) is 19.8 Å². The van der Waals surface area contributed by atoms with Crippen LogP contribution in [0.15, 0.2) is 34.7 Å². The minimum atomic E-state index is -0.373. The van der Waals surface area contributed by atoms with E-state index in [2.05, 4.69) is 5.32 Å².